The Morgan fingerprint density at radius 1 is 1.07 bits per heavy atom. The molecule has 0 aromatic heterocycles. The first-order valence-corrected chi connectivity index (χ1v) is 9.80. The topological polar surface area (TPSA) is 79.8 Å². The van der Waals surface area contributed by atoms with Crippen molar-refractivity contribution in [1.29, 1.82) is 0 Å². The van der Waals surface area contributed by atoms with Crippen molar-refractivity contribution in [3.8, 4) is 5.75 Å². The molecule has 0 aliphatic rings. The zero-order valence-electron chi connectivity index (χ0n) is 17.6. The van der Waals surface area contributed by atoms with E-state index in [4.69, 9.17) is 9.47 Å². The van der Waals surface area contributed by atoms with Gasteiger partial charge in [0.05, 0.1) is 13.2 Å². The van der Waals surface area contributed by atoms with Crippen molar-refractivity contribution in [2.24, 2.45) is 0 Å². The zero-order chi connectivity index (χ0) is 21.3. The lowest BCUT2D eigenvalue weighted by atomic mass is 9.97. The largest absolute Gasteiger partial charge is 0.497 e. The van der Waals surface area contributed by atoms with Gasteiger partial charge in [0.1, 0.15) is 12.4 Å². The third-order valence-electron chi connectivity index (χ3n) is 4.34. The predicted molar refractivity (Wildman–Crippen MR) is 114 cm³/mol. The first-order valence-electron chi connectivity index (χ1n) is 9.80. The summed E-state index contributed by atoms with van der Waals surface area (Å²) in [5.74, 6) is 0.707. The van der Waals surface area contributed by atoms with Gasteiger partial charge in [0.15, 0.2) is 0 Å². The van der Waals surface area contributed by atoms with Gasteiger partial charge in [-0.2, -0.15) is 0 Å². The Balaban J connectivity index is 1.87. The highest BCUT2D eigenvalue weighted by Crippen LogP contribution is 2.13. The summed E-state index contributed by atoms with van der Waals surface area (Å²) in [7, 11) is 1.59. The van der Waals surface area contributed by atoms with E-state index >= 15 is 0 Å². The zero-order valence-corrected chi connectivity index (χ0v) is 17.6. The number of benzene rings is 2. The molecule has 158 valence electrons. The van der Waals surface area contributed by atoms with Crippen LogP contribution in [-0.4, -0.2) is 42.5 Å². The Labute approximate surface area is 173 Å². The van der Waals surface area contributed by atoms with E-state index in [9.17, 15) is 9.90 Å². The van der Waals surface area contributed by atoms with Crippen LogP contribution in [-0.2, 0) is 17.8 Å². The van der Waals surface area contributed by atoms with Crippen LogP contribution in [0.15, 0.2) is 54.6 Å². The van der Waals surface area contributed by atoms with Gasteiger partial charge in [0, 0.05) is 18.1 Å². The molecule has 0 saturated carbocycles. The highest BCUT2D eigenvalue weighted by Gasteiger charge is 2.25. The number of amides is 1. The summed E-state index contributed by atoms with van der Waals surface area (Å²) < 4.78 is 10.4. The molecule has 0 aliphatic heterocycles. The molecule has 0 bridgehead atoms. The molecule has 2 atom stereocenters. The van der Waals surface area contributed by atoms with Crippen LogP contribution in [0.3, 0.4) is 0 Å². The van der Waals surface area contributed by atoms with Crippen LogP contribution >= 0.6 is 0 Å². The van der Waals surface area contributed by atoms with Gasteiger partial charge in [-0.15, -0.1) is 0 Å². The average molecular weight is 401 g/mol. The molecule has 0 fully saturated rings. The summed E-state index contributed by atoms with van der Waals surface area (Å²) in [6, 6.07) is 17.1. The average Bonchev–Trinajstić information content (AvgIpc) is 2.70. The first kappa shape index (κ1) is 22.7. The van der Waals surface area contributed by atoms with Gasteiger partial charge in [0.2, 0.25) is 0 Å². The molecule has 0 aliphatic carbocycles. The number of carbonyl (C=O) groups excluding carboxylic acids is 1. The van der Waals surface area contributed by atoms with Crippen LogP contribution in [0.4, 0.5) is 4.79 Å². The SMILES string of the molecule is COc1cccc(COC(=O)NCC(O)C(Cc2ccccc2)NC(C)(C)C)c1. The van der Waals surface area contributed by atoms with Crippen molar-refractivity contribution in [3.05, 3.63) is 65.7 Å². The quantitative estimate of drug-likeness (QED) is 0.602. The fourth-order valence-corrected chi connectivity index (χ4v) is 3.00. The van der Waals surface area contributed by atoms with Crippen LogP contribution in [0, 0.1) is 0 Å². The second kappa shape index (κ2) is 10.8. The first-order chi connectivity index (χ1) is 13.8. The molecule has 6 heteroatoms. The molecule has 29 heavy (non-hydrogen) atoms. The minimum Gasteiger partial charge on any atom is -0.497 e. The Bertz CT molecular complexity index is 759. The molecule has 0 radical (unpaired) electrons. The minimum absolute atomic E-state index is 0.0948. The number of carbonyl (C=O) groups is 1. The molecule has 2 aromatic carbocycles. The molecule has 0 spiro atoms. The summed E-state index contributed by atoms with van der Waals surface area (Å²) in [6.07, 6.45) is -0.681. The maximum absolute atomic E-state index is 12.0. The molecule has 0 saturated heterocycles. The van der Waals surface area contributed by atoms with Crippen molar-refractivity contribution in [1.82, 2.24) is 10.6 Å². The van der Waals surface area contributed by atoms with Crippen molar-refractivity contribution >= 4 is 6.09 Å². The number of alkyl carbamates (subject to hydrolysis) is 1. The van der Waals surface area contributed by atoms with Crippen molar-refractivity contribution < 1.29 is 19.4 Å². The van der Waals surface area contributed by atoms with E-state index in [1.54, 1.807) is 7.11 Å². The smallest absolute Gasteiger partial charge is 0.407 e. The molecule has 3 N–H and O–H groups in total. The molecule has 6 nitrogen and oxygen atoms in total. The van der Waals surface area contributed by atoms with Gasteiger partial charge in [-0.3, -0.25) is 0 Å². The lowest BCUT2D eigenvalue weighted by molar-refractivity contribution is 0.0991. The van der Waals surface area contributed by atoms with E-state index in [2.05, 4.69) is 10.6 Å². The molecule has 2 aromatic rings. The van der Waals surface area contributed by atoms with Crippen LogP contribution in [0.1, 0.15) is 31.9 Å². The Morgan fingerprint density at radius 2 is 1.76 bits per heavy atom. The van der Waals surface area contributed by atoms with E-state index in [0.717, 1.165) is 11.1 Å². The van der Waals surface area contributed by atoms with Gasteiger partial charge in [0.25, 0.3) is 0 Å². The maximum atomic E-state index is 12.0. The van der Waals surface area contributed by atoms with E-state index in [1.165, 1.54) is 0 Å². The predicted octanol–water partition coefficient (Wildman–Crippen LogP) is 3.28. The van der Waals surface area contributed by atoms with Gasteiger partial charge >= 0.3 is 6.09 Å². The number of rotatable bonds is 9. The Morgan fingerprint density at radius 3 is 2.41 bits per heavy atom. The van der Waals surface area contributed by atoms with Crippen LogP contribution < -0.4 is 15.4 Å². The van der Waals surface area contributed by atoms with Gasteiger partial charge in [-0.25, -0.2) is 4.79 Å². The van der Waals surface area contributed by atoms with E-state index in [-0.39, 0.29) is 24.7 Å². The molecule has 2 rings (SSSR count). The van der Waals surface area contributed by atoms with Gasteiger partial charge < -0.3 is 25.2 Å². The second-order valence-electron chi connectivity index (χ2n) is 8.07. The number of ether oxygens (including phenoxy) is 2. The third-order valence-corrected chi connectivity index (χ3v) is 4.34. The van der Waals surface area contributed by atoms with E-state index in [0.29, 0.717) is 12.2 Å². The second-order valence-corrected chi connectivity index (χ2v) is 8.07. The monoisotopic (exact) mass is 400 g/mol. The summed E-state index contributed by atoms with van der Waals surface area (Å²) in [5.41, 5.74) is 1.78. The number of methoxy groups -OCH3 is 1. The van der Waals surface area contributed by atoms with Gasteiger partial charge in [-0.1, -0.05) is 42.5 Å². The number of aliphatic hydroxyl groups is 1. The fourth-order valence-electron chi connectivity index (χ4n) is 3.00. The fraction of sp³-hybridized carbons (Fsp3) is 0.435. The van der Waals surface area contributed by atoms with Crippen molar-refractivity contribution in [3.63, 3.8) is 0 Å². The van der Waals surface area contributed by atoms with Crippen molar-refractivity contribution in [2.75, 3.05) is 13.7 Å². The lowest BCUT2D eigenvalue weighted by Crippen LogP contribution is -2.53. The van der Waals surface area contributed by atoms with Gasteiger partial charge in [-0.05, 0) is 50.5 Å². The van der Waals surface area contributed by atoms with Crippen LogP contribution in [0.2, 0.25) is 0 Å². The maximum Gasteiger partial charge on any atom is 0.407 e. The Kier molecular flexibility index (Phi) is 8.49. The standard InChI is InChI=1S/C23H32N2O4/c1-23(2,3)25-20(14-17-9-6-5-7-10-17)21(26)15-24-22(27)29-16-18-11-8-12-19(13-18)28-4/h5-13,20-21,25-26H,14-16H2,1-4H3,(H,24,27). The van der Waals surface area contributed by atoms with Crippen molar-refractivity contribution in [2.45, 2.75) is 51.5 Å². The number of aliphatic hydroxyl groups excluding tert-OH is 1. The highest BCUT2D eigenvalue weighted by molar-refractivity contribution is 5.67. The molecule has 2 unspecified atom stereocenters. The summed E-state index contributed by atoms with van der Waals surface area (Å²) in [6.45, 7) is 6.37. The normalized spacial score (nSPS) is 13.4. The number of hydrogen-bond donors (Lipinski definition) is 3. The molecular formula is C23H32N2O4. The Hall–Kier alpha value is -2.57. The lowest BCUT2D eigenvalue weighted by Gasteiger charge is -2.32. The molecule has 1 amide bonds. The summed E-state index contributed by atoms with van der Waals surface area (Å²) in [5, 5.41) is 16.8. The third kappa shape index (κ3) is 8.54. The summed E-state index contributed by atoms with van der Waals surface area (Å²) in [4.78, 5) is 12.0. The molecule has 0 heterocycles. The van der Waals surface area contributed by atoms with E-state index in [1.807, 2.05) is 75.4 Å². The van der Waals surface area contributed by atoms with Crippen LogP contribution in [0.5, 0.6) is 5.75 Å². The van der Waals surface area contributed by atoms with Crippen LogP contribution in [0.25, 0.3) is 0 Å². The molecular weight excluding hydrogens is 368 g/mol. The highest BCUT2D eigenvalue weighted by atomic mass is 16.5. The minimum atomic E-state index is -0.765. The summed E-state index contributed by atoms with van der Waals surface area (Å²) >= 11 is 0. The number of hydrogen-bond acceptors (Lipinski definition) is 5. The number of nitrogens with one attached hydrogen (secondary N) is 2. The van der Waals surface area contributed by atoms with E-state index < -0.39 is 12.2 Å².